The Morgan fingerprint density at radius 3 is 2.48 bits per heavy atom. The molecule has 0 radical (unpaired) electrons. The van der Waals surface area contributed by atoms with Crippen LogP contribution in [-0.2, 0) is 9.84 Å². The second-order valence-corrected chi connectivity index (χ2v) is 7.26. The first-order valence-electron chi connectivity index (χ1n) is 5.77. The molecule has 1 N–H and O–H groups in total. The van der Waals surface area contributed by atoms with Crippen LogP contribution in [0.4, 0.5) is 0 Å². The van der Waals surface area contributed by atoms with Gasteiger partial charge in [0, 0.05) is 10.7 Å². The average molecular weight is 371 g/mol. The Balaban J connectivity index is 2.37. The topological polar surface area (TPSA) is 80.7 Å². The van der Waals surface area contributed by atoms with Crippen LogP contribution in [-0.4, -0.2) is 25.7 Å². The number of hydrogen-bond donors (Lipinski definition) is 1. The highest BCUT2D eigenvalue weighted by Crippen LogP contribution is 2.27. The summed E-state index contributed by atoms with van der Waals surface area (Å²) < 4.78 is 29.1. The molecule has 7 heteroatoms. The second-order valence-electron chi connectivity index (χ2n) is 4.33. The molecule has 0 unspecified atom stereocenters. The second kappa shape index (κ2) is 5.87. The molecular formula is C14H11BrO5S. The Morgan fingerprint density at radius 1 is 1.14 bits per heavy atom. The van der Waals surface area contributed by atoms with Gasteiger partial charge in [0.25, 0.3) is 0 Å². The molecule has 0 heterocycles. The van der Waals surface area contributed by atoms with Gasteiger partial charge in [0.2, 0.25) is 0 Å². The number of halogens is 1. The number of carbonyl (C=O) groups is 1. The normalized spacial score (nSPS) is 11.1. The zero-order chi connectivity index (χ0) is 15.6. The Kier molecular flexibility index (Phi) is 4.34. The summed E-state index contributed by atoms with van der Waals surface area (Å²) in [7, 11) is -3.33. The van der Waals surface area contributed by atoms with Crippen molar-refractivity contribution in [1.29, 1.82) is 0 Å². The minimum atomic E-state index is -3.33. The minimum absolute atomic E-state index is 0.0682. The standard InChI is InChI=1S/C14H11BrO5S/c1-21(18,19)13-4-2-3-11(8-13)20-12-6-9(14(16)17)5-10(15)7-12/h2-8H,1H3,(H,16,17). The third-order valence-corrected chi connectivity index (χ3v) is 4.16. The van der Waals surface area contributed by atoms with Crippen LogP contribution in [0.5, 0.6) is 11.5 Å². The average Bonchev–Trinajstić information content (AvgIpc) is 2.37. The van der Waals surface area contributed by atoms with Gasteiger partial charge in [0.1, 0.15) is 11.5 Å². The van der Waals surface area contributed by atoms with Crippen molar-refractivity contribution < 1.29 is 23.1 Å². The fraction of sp³-hybridized carbons (Fsp3) is 0.0714. The summed E-state index contributed by atoms with van der Waals surface area (Å²) >= 11 is 3.20. The summed E-state index contributed by atoms with van der Waals surface area (Å²) in [6, 6.07) is 10.4. The Morgan fingerprint density at radius 2 is 1.86 bits per heavy atom. The van der Waals surface area contributed by atoms with Crippen molar-refractivity contribution in [2.75, 3.05) is 6.26 Å². The third kappa shape index (κ3) is 4.05. The first-order valence-corrected chi connectivity index (χ1v) is 8.46. The van der Waals surface area contributed by atoms with Crippen molar-refractivity contribution in [3.05, 3.63) is 52.5 Å². The SMILES string of the molecule is CS(=O)(=O)c1cccc(Oc2cc(Br)cc(C(=O)O)c2)c1. The number of ether oxygens (including phenoxy) is 1. The van der Waals surface area contributed by atoms with Crippen molar-refractivity contribution in [2.45, 2.75) is 4.90 Å². The predicted octanol–water partition coefficient (Wildman–Crippen LogP) is 3.34. The van der Waals surface area contributed by atoms with Crippen molar-refractivity contribution in [2.24, 2.45) is 0 Å². The molecule has 21 heavy (non-hydrogen) atoms. The van der Waals surface area contributed by atoms with Crippen molar-refractivity contribution in [3.8, 4) is 11.5 Å². The molecule has 0 aromatic heterocycles. The summed E-state index contributed by atoms with van der Waals surface area (Å²) in [6.07, 6.45) is 1.10. The fourth-order valence-corrected chi connectivity index (χ4v) is 2.78. The molecule has 2 rings (SSSR count). The number of carboxylic acids is 1. The molecule has 5 nitrogen and oxygen atoms in total. The number of carboxylic acid groups (broad SMARTS) is 1. The molecule has 2 aromatic carbocycles. The van der Waals surface area contributed by atoms with Gasteiger partial charge in [-0.3, -0.25) is 0 Å². The molecule has 0 amide bonds. The van der Waals surface area contributed by atoms with E-state index < -0.39 is 15.8 Å². The van der Waals surface area contributed by atoms with E-state index in [4.69, 9.17) is 9.84 Å². The highest BCUT2D eigenvalue weighted by molar-refractivity contribution is 9.10. The molecule has 0 saturated heterocycles. The van der Waals surface area contributed by atoms with Gasteiger partial charge in [0.05, 0.1) is 10.5 Å². The zero-order valence-electron chi connectivity index (χ0n) is 10.9. The van der Waals surface area contributed by atoms with E-state index >= 15 is 0 Å². The molecular weight excluding hydrogens is 360 g/mol. The first kappa shape index (κ1) is 15.5. The summed E-state index contributed by atoms with van der Waals surface area (Å²) in [6.45, 7) is 0. The van der Waals surface area contributed by atoms with Crippen molar-refractivity contribution in [3.63, 3.8) is 0 Å². The van der Waals surface area contributed by atoms with Gasteiger partial charge < -0.3 is 9.84 Å². The summed E-state index contributed by atoms with van der Waals surface area (Å²) in [5.74, 6) is -0.467. The van der Waals surface area contributed by atoms with E-state index in [2.05, 4.69) is 15.9 Å². The maximum absolute atomic E-state index is 11.5. The Labute approximate surface area is 130 Å². The maximum atomic E-state index is 11.5. The van der Waals surface area contributed by atoms with Crippen LogP contribution in [0.15, 0.2) is 51.8 Å². The van der Waals surface area contributed by atoms with E-state index in [1.165, 1.54) is 24.3 Å². The van der Waals surface area contributed by atoms with Gasteiger partial charge in [0.15, 0.2) is 9.84 Å². The molecule has 2 aromatic rings. The summed E-state index contributed by atoms with van der Waals surface area (Å²) in [4.78, 5) is 11.1. The lowest BCUT2D eigenvalue weighted by atomic mass is 10.2. The largest absolute Gasteiger partial charge is 0.478 e. The van der Waals surface area contributed by atoms with E-state index in [9.17, 15) is 13.2 Å². The lowest BCUT2D eigenvalue weighted by molar-refractivity contribution is 0.0696. The Bertz CT molecular complexity index is 799. The lowest BCUT2D eigenvalue weighted by Gasteiger charge is -2.08. The van der Waals surface area contributed by atoms with Gasteiger partial charge in [-0.25, -0.2) is 13.2 Å². The molecule has 0 atom stereocenters. The van der Waals surface area contributed by atoms with Gasteiger partial charge in [-0.15, -0.1) is 0 Å². The van der Waals surface area contributed by atoms with E-state index in [1.54, 1.807) is 18.2 Å². The van der Waals surface area contributed by atoms with E-state index in [-0.39, 0.29) is 10.5 Å². The highest BCUT2D eigenvalue weighted by Gasteiger charge is 2.10. The Hall–Kier alpha value is -1.86. The van der Waals surface area contributed by atoms with Crippen LogP contribution in [0.2, 0.25) is 0 Å². The highest BCUT2D eigenvalue weighted by atomic mass is 79.9. The first-order chi connectivity index (χ1) is 9.75. The zero-order valence-corrected chi connectivity index (χ0v) is 13.3. The monoisotopic (exact) mass is 370 g/mol. The third-order valence-electron chi connectivity index (χ3n) is 2.59. The van der Waals surface area contributed by atoms with E-state index in [1.807, 2.05) is 0 Å². The van der Waals surface area contributed by atoms with E-state index in [0.717, 1.165) is 6.26 Å². The summed E-state index contributed by atoms with van der Waals surface area (Å²) in [5, 5.41) is 8.99. The predicted molar refractivity (Wildman–Crippen MR) is 80.7 cm³/mol. The number of sulfone groups is 1. The van der Waals surface area contributed by atoms with Gasteiger partial charge in [-0.2, -0.15) is 0 Å². The quantitative estimate of drug-likeness (QED) is 0.892. The van der Waals surface area contributed by atoms with Crippen LogP contribution in [0.1, 0.15) is 10.4 Å². The van der Waals surface area contributed by atoms with Crippen molar-refractivity contribution in [1.82, 2.24) is 0 Å². The fourth-order valence-electron chi connectivity index (χ4n) is 1.65. The number of benzene rings is 2. The molecule has 0 bridgehead atoms. The van der Waals surface area contributed by atoms with Gasteiger partial charge in [-0.1, -0.05) is 22.0 Å². The maximum Gasteiger partial charge on any atom is 0.335 e. The van der Waals surface area contributed by atoms with Crippen LogP contribution in [0.3, 0.4) is 0 Å². The van der Waals surface area contributed by atoms with Gasteiger partial charge >= 0.3 is 5.97 Å². The smallest absolute Gasteiger partial charge is 0.335 e. The van der Waals surface area contributed by atoms with E-state index in [0.29, 0.717) is 16.0 Å². The molecule has 0 saturated carbocycles. The van der Waals surface area contributed by atoms with Crippen molar-refractivity contribution >= 4 is 31.7 Å². The number of aromatic carboxylic acids is 1. The molecule has 0 spiro atoms. The molecule has 0 aliphatic heterocycles. The lowest BCUT2D eigenvalue weighted by Crippen LogP contribution is -1.98. The molecule has 0 fully saturated rings. The molecule has 110 valence electrons. The molecule has 0 aliphatic carbocycles. The summed E-state index contributed by atoms with van der Waals surface area (Å²) in [5.41, 5.74) is 0.0682. The van der Waals surface area contributed by atoms with Crippen LogP contribution < -0.4 is 4.74 Å². The minimum Gasteiger partial charge on any atom is -0.478 e. The van der Waals surface area contributed by atoms with Crippen LogP contribution >= 0.6 is 15.9 Å². The number of rotatable bonds is 4. The van der Waals surface area contributed by atoms with Crippen LogP contribution in [0, 0.1) is 0 Å². The van der Waals surface area contributed by atoms with Gasteiger partial charge in [-0.05, 0) is 36.4 Å². The van der Waals surface area contributed by atoms with Crippen LogP contribution in [0.25, 0.3) is 0 Å². The number of hydrogen-bond acceptors (Lipinski definition) is 4. The molecule has 0 aliphatic rings.